The minimum absolute atomic E-state index is 0.0597. The van der Waals surface area contributed by atoms with Crippen LogP contribution >= 0.6 is 0 Å². The lowest BCUT2D eigenvalue weighted by atomic mass is 10.3. The lowest BCUT2D eigenvalue weighted by Crippen LogP contribution is -2.44. The zero-order valence-corrected chi connectivity index (χ0v) is 8.64. The van der Waals surface area contributed by atoms with Crippen molar-refractivity contribution < 1.29 is 24.2 Å². The van der Waals surface area contributed by atoms with Crippen LogP contribution in [-0.2, 0) is 19.1 Å². The number of nitrogens with zero attached hydrogens (tertiary/aromatic N) is 1. The molecule has 0 saturated carbocycles. The van der Waals surface area contributed by atoms with E-state index in [1.54, 1.807) is 7.05 Å². The van der Waals surface area contributed by atoms with Crippen molar-refractivity contribution >= 4 is 11.9 Å². The molecule has 1 amide bonds. The third-order valence-electron chi connectivity index (χ3n) is 2.13. The molecule has 1 saturated heterocycles. The number of hydrogen-bond donors (Lipinski definition) is 1. The maximum absolute atomic E-state index is 11.6. The summed E-state index contributed by atoms with van der Waals surface area (Å²) in [5.41, 5.74) is 0. The van der Waals surface area contributed by atoms with E-state index >= 15 is 0 Å². The third-order valence-corrected chi connectivity index (χ3v) is 2.13. The van der Waals surface area contributed by atoms with Crippen LogP contribution in [-0.4, -0.2) is 61.4 Å². The van der Waals surface area contributed by atoms with Gasteiger partial charge < -0.3 is 19.5 Å². The van der Waals surface area contributed by atoms with E-state index in [9.17, 15) is 9.59 Å². The minimum atomic E-state index is -0.921. The van der Waals surface area contributed by atoms with E-state index in [0.717, 1.165) is 0 Å². The quantitative estimate of drug-likeness (QED) is 0.676. The minimum Gasteiger partial charge on any atom is -0.481 e. The molecule has 86 valence electrons. The number of amides is 1. The Hall–Kier alpha value is -1.14. The van der Waals surface area contributed by atoms with Crippen LogP contribution in [0.2, 0.25) is 0 Å². The molecule has 1 rings (SSSR count). The largest absolute Gasteiger partial charge is 0.481 e. The second kappa shape index (κ2) is 5.67. The molecule has 6 heteroatoms. The topological polar surface area (TPSA) is 76.1 Å². The van der Waals surface area contributed by atoms with Gasteiger partial charge >= 0.3 is 5.97 Å². The first-order valence-corrected chi connectivity index (χ1v) is 4.77. The van der Waals surface area contributed by atoms with Crippen LogP contribution in [0, 0.1) is 0 Å². The van der Waals surface area contributed by atoms with Crippen LogP contribution in [0.3, 0.4) is 0 Å². The molecule has 0 aliphatic carbocycles. The molecule has 15 heavy (non-hydrogen) atoms. The van der Waals surface area contributed by atoms with Crippen LogP contribution in [0.15, 0.2) is 0 Å². The highest BCUT2D eigenvalue weighted by Crippen LogP contribution is 2.04. The van der Waals surface area contributed by atoms with Crippen molar-refractivity contribution in [1.29, 1.82) is 0 Å². The molecule has 0 aromatic carbocycles. The molecule has 0 bridgehead atoms. The van der Waals surface area contributed by atoms with Crippen LogP contribution in [0.1, 0.15) is 6.42 Å². The Kier molecular flexibility index (Phi) is 4.51. The van der Waals surface area contributed by atoms with Crippen molar-refractivity contribution in [2.24, 2.45) is 0 Å². The number of rotatable bonds is 4. The van der Waals surface area contributed by atoms with Gasteiger partial charge in [0.2, 0.25) is 0 Å². The fourth-order valence-corrected chi connectivity index (χ4v) is 1.25. The molecule has 0 aromatic rings. The first-order valence-electron chi connectivity index (χ1n) is 4.77. The SMILES string of the molecule is CN(CCC(=O)O)C(=O)C1COCCO1. The number of carbonyl (C=O) groups is 2. The number of carboxylic acid groups (broad SMARTS) is 1. The Morgan fingerprint density at radius 2 is 2.20 bits per heavy atom. The van der Waals surface area contributed by atoms with E-state index in [-0.39, 0.29) is 25.5 Å². The molecule has 1 fully saturated rings. The summed E-state index contributed by atoms with van der Waals surface area (Å²) >= 11 is 0. The van der Waals surface area contributed by atoms with Crippen molar-refractivity contribution in [3.05, 3.63) is 0 Å². The van der Waals surface area contributed by atoms with E-state index in [1.807, 2.05) is 0 Å². The number of carbonyl (C=O) groups excluding carboxylic acids is 1. The van der Waals surface area contributed by atoms with Gasteiger partial charge in [0.1, 0.15) is 0 Å². The van der Waals surface area contributed by atoms with Gasteiger partial charge in [0.15, 0.2) is 6.10 Å². The number of hydrogen-bond acceptors (Lipinski definition) is 4. The summed E-state index contributed by atoms with van der Waals surface area (Å²) in [6.45, 7) is 1.34. The van der Waals surface area contributed by atoms with E-state index < -0.39 is 12.1 Å². The molecule has 0 radical (unpaired) electrons. The zero-order valence-electron chi connectivity index (χ0n) is 8.64. The standard InChI is InChI=1S/C9H15NO5/c1-10(3-2-8(11)12)9(13)7-6-14-4-5-15-7/h7H,2-6H2,1H3,(H,11,12). The molecule has 1 atom stereocenters. The van der Waals surface area contributed by atoms with Gasteiger partial charge in [0, 0.05) is 13.6 Å². The zero-order chi connectivity index (χ0) is 11.3. The Labute approximate surface area is 87.8 Å². The van der Waals surface area contributed by atoms with Gasteiger partial charge in [0.25, 0.3) is 5.91 Å². The fourth-order valence-electron chi connectivity index (χ4n) is 1.25. The van der Waals surface area contributed by atoms with Crippen molar-refractivity contribution in [3.8, 4) is 0 Å². The van der Waals surface area contributed by atoms with E-state index in [2.05, 4.69) is 0 Å². The first kappa shape index (κ1) is 11.9. The average Bonchev–Trinajstić information content (AvgIpc) is 2.26. The first-order chi connectivity index (χ1) is 7.11. The van der Waals surface area contributed by atoms with E-state index in [0.29, 0.717) is 13.2 Å². The van der Waals surface area contributed by atoms with Gasteiger partial charge in [-0.2, -0.15) is 0 Å². The maximum Gasteiger partial charge on any atom is 0.305 e. The molecule has 1 aliphatic rings. The number of likely N-dealkylation sites (N-methyl/N-ethyl adjacent to an activating group) is 1. The summed E-state index contributed by atoms with van der Waals surface area (Å²) in [5, 5.41) is 8.46. The average molecular weight is 217 g/mol. The molecule has 1 unspecified atom stereocenters. The van der Waals surface area contributed by atoms with Crippen molar-refractivity contribution in [3.63, 3.8) is 0 Å². The second-order valence-corrected chi connectivity index (χ2v) is 3.34. The van der Waals surface area contributed by atoms with E-state index in [4.69, 9.17) is 14.6 Å². The van der Waals surface area contributed by atoms with Gasteiger partial charge in [-0.15, -0.1) is 0 Å². The number of carboxylic acids is 1. The summed E-state index contributed by atoms with van der Waals surface area (Å²) in [6, 6.07) is 0. The van der Waals surface area contributed by atoms with Crippen molar-refractivity contribution in [1.82, 2.24) is 4.90 Å². The van der Waals surface area contributed by atoms with E-state index in [1.165, 1.54) is 4.90 Å². The third kappa shape index (κ3) is 3.85. The van der Waals surface area contributed by atoms with Crippen LogP contribution < -0.4 is 0 Å². The molecule has 0 spiro atoms. The van der Waals surface area contributed by atoms with Gasteiger partial charge in [-0.3, -0.25) is 9.59 Å². The van der Waals surface area contributed by atoms with Crippen LogP contribution in [0.4, 0.5) is 0 Å². The normalized spacial score (nSPS) is 21.0. The highest BCUT2D eigenvalue weighted by molar-refractivity contribution is 5.81. The number of aliphatic carboxylic acids is 1. The monoisotopic (exact) mass is 217 g/mol. The predicted molar refractivity (Wildman–Crippen MR) is 50.4 cm³/mol. The van der Waals surface area contributed by atoms with Crippen molar-refractivity contribution in [2.45, 2.75) is 12.5 Å². The second-order valence-electron chi connectivity index (χ2n) is 3.34. The highest BCUT2D eigenvalue weighted by Gasteiger charge is 2.25. The Bertz CT molecular complexity index is 237. The lowest BCUT2D eigenvalue weighted by molar-refractivity contribution is -0.157. The summed E-state index contributed by atoms with van der Waals surface area (Å²) in [4.78, 5) is 23.3. The Balaban J connectivity index is 2.33. The summed E-state index contributed by atoms with van der Waals surface area (Å²) in [6.07, 6.45) is -0.645. The van der Waals surface area contributed by atoms with Gasteiger partial charge in [-0.1, -0.05) is 0 Å². The van der Waals surface area contributed by atoms with Gasteiger partial charge in [-0.05, 0) is 0 Å². The molecule has 0 aromatic heterocycles. The highest BCUT2D eigenvalue weighted by atomic mass is 16.6. The molecule has 6 nitrogen and oxygen atoms in total. The molecular weight excluding hydrogens is 202 g/mol. The molecule has 1 N–H and O–H groups in total. The summed E-state index contributed by atoms with van der Waals surface area (Å²) < 4.78 is 10.3. The van der Waals surface area contributed by atoms with Crippen molar-refractivity contribution in [2.75, 3.05) is 33.4 Å². The summed E-state index contributed by atoms with van der Waals surface area (Å²) in [5.74, 6) is -1.15. The summed E-state index contributed by atoms with van der Waals surface area (Å²) in [7, 11) is 1.56. The Morgan fingerprint density at radius 1 is 1.47 bits per heavy atom. The smallest absolute Gasteiger partial charge is 0.305 e. The van der Waals surface area contributed by atoms with Gasteiger partial charge in [-0.25, -0.2) is 0 Å². The lowest BCUT2D eigenvalue weighted by Gasteiger charge is -2.26. The van der Waals surface area contributed by atoms with Gasteiger partial charge in [0.05, 0.1) is 26.2 Å². The molecule has 1 aliphatic heterocycles. The fraction of sp³-hybridized carbons (Fsp3) is 0.778. The number of ether oxygens (including phenoxy) is 2. The van der Waals surface area contributed by atoms with Crippen LogP contribution in [0.5, 0.6) is 0 Å². The predicted octanol–water partition coefficient (Wildman–Crippen LogP) is -0.665. The molecule has 1 heterocycles. The van der Waals surface area contributed by atoms with Crippen LogP contribution in [0.25, 0.3) is 0 Å². The maximum atomic E-state index is 11.6. The molecular formula is C9H15NO5. The Morgan fingerprint density at radius 3 is 2.73 bits per heavy atom.